The number of carbonyl (C=O) groups is 1. The maximum atomic E-state index is 11.6. The van der Waals surface area contributed by atoms with Crippen LogP contribution in [-0.2, 0) is 14.3 Å². The summed E-state index contributed by atoms with van der Waals surface area (Å²) >= 11 is 0. The van der Waals surface area contributed by atoms with E-state index < -0.39 is 0 Å². The molecule has 7 unspecified atom stereocenters. The minimum atomic E-state index is -0.113. The van der Waals surface area contributed by atoms with Gasteiger partial charge in [0.1, 0.15) is 6.10 Å². The molecule has 4 aliphatic carbocycles. The Kier molecular flexibility index (Phi) is 3.20. The number of hydrogen-bond donors (Lipinski definition) is 0. The molecule has 2 spiro atoms. The average molecular weight is 347 g/mol. The summed E-state index contributed by atoms with van der Waals surface area (Å²) in [4.78, 5) is 11.6. The molecule has 0 aromatic heterocycles. The topological polar surface area (TPSA) is 38.8 Å². The maximum Gasteiger partial charge on any atom is 0.302 e. The van der Waals surface area contributed by atoms with E-state index >= 15 is 0 Å². The van der Waals surface area contributed by atoms with E-state index in [4.69, 9.17) is 9.47 Å². The fourth-order valence-corrected chi connectivity index (χ4v) is 8.64. The van der Waals surface area contributed by atoms with Crippen LogP contribution < -0.4 is 0 Å². The molecule has 0 radical (unpaired) electrons. The van der Waals surface area contributed by atoms with Crippen molar-refractivity contribution in [3.8, 4) is 0 Å². The van der Waals surface area contributed by atoms with Crippen LogP contribution in [0.25, 0.3) is 0 Å². The van der Waals surface area contributed by atoms with Crippen LogP contribution in [0.2, 0.25) is 0 Å². The number of esters is 1. The Hall–Kier alpha value is -0.570. The second-order valence-corrected chi connectivity index (χ2v) is 11.0. The second-order valence-electron chi connectivity index (χ2n) is 11.0. The number of epoxide rings is 1. The normalized spacial score (nSPS) is 55.4. The highest BCUT2D eigenvalue weighted by Gasteiger charge is 2.71. The first-order valence-corrected chi connectivity index (χ1v) is 10.5. The van der Waals surface area contributed by atoms with Gasteiger partial charge in [0, 0.05) is 12.3 Å². The molecule has 3 heteroatoms. The Balaban J connectivity index is 1.47. The van der Waals surface area contributed by atoms with Crippen molar-refractivity contribution >= 4 is 5.97 Å². The molecule has 5 rings (SSSR count). The van der Waals surface area contributed by atoms with Gasteiger partial charge in [0.05, 0.1) is 12.2 Å². The van der Waals surface area contributed by atoms with E-state index in [9.17, 15) is 4.79 Å². The molecule has 5 aliphatic rings. The van der Waals surface area contributed by atoms with Crippen molar-refractivity contribution in [2.24, 2.45) is 34.0 Å². The third kappa shape index (κ3) is 2.05. The Morgan fingerprint density at radius 1 is 1.04 bits per heavy atom. The molecule has 0 aromatic rings. The Morgan fingerprint density at radius 2 is 1.80 bits per heavy atom. The van der Waals surface area contributed by atoms with Crippen molar-refractivity contribution in [1.82, 2.24) is 0 Å². The summed E-state index contributed by atoms with van der Waals surface area (Å²) in [5.41, 5.74) is 1.34. The lowest BCUT2D eigenvalue weighted by atomic mass is 9.41. The minimum absolute atomic E-state index is 0.0868. The first kappa shape index (κ1) is 16.6. The zero-order valence-corrected chi connectivity index (χ0v) is 16.4. The van der Waals surface area contributed by atoms with Gasteiger partial charge in [-0.3, -0.25) is 4.79 Å². The highest BCUT2D eigenvalue weighted by atomic mass is 16.6. The quantitative estimate of drug-likeness (QED) is 0.509. The number of hydrogen-bond acceptors (Lipinski definition) is 3. The second kappa shape index (κ2) is 4.82. The minimum Gasteiger partial charge on any atom is -0.462 e. The molecule has 1 aliphatic heterocycles. The standard InChI is InChI=1S/C22H34O3/c1-14(23)25-18-8-9-20(4)16(19(18,2)3)7-10-21-11-15(5-6-17(20)21)22(12-21)13-24-22/h15-18H,5-13H2,1-4H3. The summed E-state index contributed by atoms with van der Waals surface area (Å²) in [5, 5.41) is 0. The third-order valence-corrected chi connectivity index (χ3v) is 9.61. The average Bonchev–Trinajstić information content (AvgIpc) is 3.25. The van der Waals surface area contributed by atoms with Crippen LogP contribution in [0.3, 0.4) is 0 Å². The van der Waals surface area contributed by atoms with Crippen LogP contribution in [0.5, 0.6) is 0 Å². The molecule has 7 atom stereocenters. The van der Waals surface area contributed by atoms with E-state index in [-0.39, 0.29) is 17.5 Å². The molecule has 1 saturated heterocycles. The summed E-state index contributed by atoms with van der Waals surface area (Å²) in [5.74, 6) is 2.24. The van der Waals surface area contributed by atoms with Crippen LogP contribution in [0.15, 0.2) is 0 Å². The molecule has 4 saturated carbocycles. The molecule has 0 aromatic carbocycles. The fraction of sp³-hybridized carbons (Fsp3) is 0.955. The monoisotopic (exact) mass is 346 g/mol. The molecular formula is C22H34O3. The van der Waals surface area contributed by atoms with Crippen LogP contribution in [0.4, 0.5) is 0 Å². The van der Waals surface area contributed by atoms with Crippen LogP contribution >= 0.6 is 0 Å². The van der Waals surface area contributed by atoms with Gasteiger partial charge in [-0.05, 0) is 80.0 Å². The van der Waals surface area contributed by atoms with Gasteiger partial charge in [-0.2, -0.15) is 0 Å². The van der Waals surface area contributed by atoms with E-state index in [1.165, 1.54) is 44.9 Å². The molecule has 0 amide bonds. The van der Waals surface area contributed by atoms with Gasteiger partial charge in [0.25, 0.3) is 0 Å². The molecular weight excluding hydrogens is 312 g/mol. The van der Waals surface area contributed by atoms with Gasteiger partial charge in [-0.1, -0.05) is 20.8 Å². The van der Waals surface area contributed by atoms with E-state index in [1.54, 1.807) is 6.92 Å². The fourth-order valence-electron chi connectivity index (χ4n) is 8.64. The Morgan fingerprint density at radius 3 is 2.48 bits per heavy atom. The molecule has 140 valence electrons. The summed E-state index contributed by atoms with van der Waals surface area (Å²) in [6.45, 7) is 9.92. The first-order valence-electron chi connectivity index (χ1n) is 10.5. The highest BCUT2D eigenvalue weighted by Crippen LogP contribution is 2.75. The van der Waals surface area contributed by atoms with Gasteiger partial charge >= 0.3 is 5.97 Å². The van der Waals surface area contributed by atoms with Crippen molar-refractivity contribution in [2.45, 2.75) is 90.8 Å². The smallest absolute Gasteiger partial charge is 0.302 e. The van der Waals surface area contributed by atoms with Gasteiger partial charge in [-0.15, -0.1) is 0 Å². The van der Waals surface area contributed by atoms with Crippen molar-refractivity contribution in [3.63, 3.8) is 0 Å². The molecule has 25 heavy (non-hydrogen) atoms. The van der Waals surface area contributed by atoms with E-state index in [0.717, 1.165) is 24.9 Å². The molecule has 5 fully saturated rings. The zero-order valence-electron chi connectivity index (χ0n) is 16.4. The summed E-state index contributed by atoms with van der Waals surface area (Å²) in [6, 6.07) is 0. The summed E-state index contributed by atoms with van der Waals surface area (Å²) in [6.07, 6.45) is 10.6. The Labute approximate surface area is 152 Å². The number of rotatable bonds is 1. The zero-order chi connectivity index (χ0) is 17.7. The van der Waals surface area contributed by atoms with Crippen LogP contribution in [-0.4, -0.2) is 24.3 Å². The Bertz CT molecular complexity index is 606. The van der Waals surface area contributed by atoms with Crippen molar-refractivity contribution < 1.29 is 14.3 Å². The lowest BCUT2D eigenvalue weighted by Crippen LogP contribution is -2.59. The summed E-state index contributed by atoms with van der Waals surface area (Å²) in [7, 11) is 0. The van der Waals surface area contributed by atoms with Crippen molar-refractivity contribution in [1.29, 1.82) is 0 Å². The van der Waals surface area contributed by atoms with Gasteiger partial charge in [-0.25, -0.2) is 0 Å². The van der Waals surface area contributed by atoms with Crippen LogP contribution in [0.1, 0.15) is 79.1 Å². The van der Waals surface area contributed by atoms with E-state index in [0.29, 0.717) is 22.3 Å². The molecule has 3 nitrogen and oxygen atoms in total. The van der Waals surface area contributed by atoms with Gasteiger partial charge in [0.15, 0.2) is 0 Å². The van der Waals surface area contributed by atoms with Gasteiger partial charge < -0.3 is 9.47 Å². The van der Waals surface area contributed by atoms with Crippen molar-refractivity contribution in [3.05, 3.63) is 0 Å². The SMILES string of the molecule is CC(=O)OC1CCC2(C)C3CCC4CC3(CCC2C1(C)C)CC41CO1. The predicted molar refractivity (Wildman–Crippen MR) is 96.0 cm³/mol. The first-order chi connectivity index (χ1) is 11.7. The molecule has 1 heterocycles. The summed E-state index contributed by atoms with van der Waals surface area (Å²) < 4.78 is 11.8. The lowest BCUT2D eigenvalue weighted by molar-refractivity contribution is -0.197. The number of ether oxygens (including phenoxy) is 2. The highest BCUT2D eigenvalue weighted by molar-refractivity contribution is 5.66. The maximum absolute atomic E-state index is 11.6. The van der Waals surface area contributed by atoms with Crippen molar-refractivity contribution in [2.75, 3.05) is 6.61 Å². The van der Waals surface area contributed by atoms with Crippen LogP contribution in [0, 0.1) is 34.0 Å². The largest absolute Gasteiger partial charge is 0.462 e. The molecule has 0 N–H and O–H groups in total. The van der Waals surface area contributed by atoms with E-state index in [1.807, 2.05) is 0 Å². The third-order valence-electron chi connectivity index (χ3n) is 9.61. The number of carbonyl (C=O) groups excluding carboxylic acids is 1. The predicted octanol–water partition coefficient (Wildman–Crippen LogP) is 4.73. The van der Waals surface area contributed by atoms with E-state index in [2.05, 4.69) is 20.8 Å². The lowest BCUT2D eigenvalue weighted by Gasteiger charge is -2.65. The van der Waals surface area contributed by atoms with Gasteiger partial charge in [0.2, 0.25) is 0 Å². The molecule has 2 bridgehead atoms. The number of fused-ring (bicyclic) bond motifs is 4.